The van der Waals surface area contributed by atoms with E-state index >= 15 is 0 Å². The highest BCUT2D eigenvalue weighted by Crippen LogP contribution is 2.30. The van der Waals surface area contributed by atoms with E-state index in [0.29, 0.717) is 24.0 Å². The van der Waals surface area contributed by atoms with Crippen molar-refractivity contribution in [3.63, 3.8) is 0 Å². The minimum absolute atomic E-state index is 0.0336. The Morgan fingerprint density at radius 3 is 2.08 bits per heavy atom. The molecule has 0 saturated carbocycles. The van der Waals surface area contributed by atoms with E-state index in [1.54, 1.807) is 16.7 Å². The molecule has 0 spiro atoms. The van der Waals surface area contributed by atoms with Crippen molar-refractivity contribution in [3.05, 3.63) is 48.0 Å². The standard InChI is InChI=1S/C18H18F2N2O3S/c19-12-2-4-15-16-5-3-13(20)9-18(16)22(17(15)8-12)11-14(23)10-21-6-1-7-26(21,24)25/h2-5,8-9,14,23H,1,6-7,10-11H2. The largest absolute Gasteiger partial charge is 0.390 e. The summed E-state index contributed by atoms with van der Waals surface area (Å²) in [5, 5.41) is 12.0. The number of benzene rings is 2. The molecule has 3 aromatic rings. The predicted molar refractivity (Wildman–Crippen MR) is 95.3 cm³/mol. The van der Waals surface area contributed by atoms with Gasteiger partial charge >= 0.3 is 0 Å². The van der Waals surface area contributed by atoms with Crippen LogP contribution in [-0.2, 0) is 16.6 Å². The van der Waals surface area contributed by atoms with E-state index in [1.807, 2.05) is 0 Å². The quantitative estimate of drug-likeness (QED) is 0.756. The van der Waals surface area contributed by atoms with E-state index in [4.69, 9.17) is 0 Å². The van der Waals surface area contributed by atoms with Crippen LogP contribution in [0.2, 0.25) is 0 Å². The summed E-state index contributed by atoms with van der Waals surface area (Å²) < 4.78 is 54.3. The molecule has 1 N–H and O–H groups in total. The Morgan fingerprint density at radius 2 is 1.58 bits per heavy atom. The molecule has 5 nitrogen and oxygen atoms in total. The van der Waals surface area contributed by atoms with Gasteiger partial charge in [0.1, 0.15) is 11.6 Å². The van der Waals surface area contributed by atoms with Crippen molar-refractivity contribution in [2.45, 2.75) is 19.1 Å². The van der Waals surface area contributed by atoms with Crippen LogP contribution in [0.25, 0.3) is 21.8 Å². The Kier molecular flexibility index (Phi) is 4.21. The van der Waals surface area contributed by atoms with E-state index in [2.05, 4.69) is 0 Å². The molecular weight excluding hydrogens is 362 g/mol. The summed E-state index contributed by atoms with van der Waals surface area (Å²) in [6, 6.07) is 8.60. The van der Waals surface area contributed by atoms with Crippen molar-refractivity contribution in [2.24, 2.45) is 0 Å². The van der Waals surface area contributed by atoms with Gasteiger partial charge in [0.15, 0.2) is 0 Å². The second kappa shape index (κ2) is 6.29. The molecule has 0 amide bonds. The molecule has 2 aromatic carbocycles. The van der Waals surface area contributed by atoms with Crippen molar-refractivity contribution in [2.75, 3.05) is 18.8 Å². The lowest BCUT2D eigenvalue weighted by molar-refractivity contribution is 0.133. The number of β-amino-alcohol motifs (C(OH)–C–C–N with tert-alkyl or cyclic N) is 1. The molecule has 1 aliphatic rings. The number of aromatic nitrogens is 1. The van der Waals surface area contributed by atoms with Gasteiger partial charge in [0.05, 0.1) is 29.4 Å². The van der Waals surface area contributed by atoms with Crippen LogP contribution in [0.4, 0.5) is 8.78 Å². The second-order valence-electron chi connectivity index (χ2n) is 6.61. The molecule has 0 bridgehead atoms. The van der Waals surface area contributed by atoms with E-state index in [9.17, 15) is 22.3 Å². The molecular formula is C18H18F2N2O3S. The third-order valence-electron chi connectivity index (χ3n) is 4.80. The maximum absolute atomic E-state index is 13.8. The molecule has 8 heteroatoms. The fourth-order valence-electron chi connectivity index (χ4n) is 3.64. The van der Waals surface area contributed by atoms with E-state index in [0.717, 1.165) is 10.8 Å². The summed E-state index contributed by atoms with van der Waals surface area (Å²) in [6.07, 6.45) is -0.450. The first kappa shape index (κ1) is 17.4. The van der Waals surface area contributed by atoms with Gasteiger partial charge in [-0.05, 0) is 42.8 Å². The number of fused-ring (bicyclic) bond motifs is 3. The zero-order chi connectivity index (χ0) is 18.5. The molecule has 1 unspecified atom stereocenters. The predicted octanol–water partition coefficient (Wildman–Crippen LogP) is 2.47. The Morgan fingerprint density at radius 1 is 1.00 bits per heavy atom. The zero-order valence-electron chi connectivity index (χ0n) is 13.9. The average molecular weight is 380 g/mol. The van der Waals surface area contributed by atoms with Gasteiger partial charge in [-0.1, -0.05) is 0 Å². The van der Waals surface area contributed by atoms with Gasteiger partial charge in [-0.2, -0.15) is 4.31 Å². The monoisotopic (exact) mass is 380 g/mol. The van der Waals surface area contributed by atoms with Crippen LogP contribution in [-0.4, -0.2) is 47.3 Å². The fourth-order valence-corrected chi connectivity index (χ4v) is 5.20. The molecule has 2 heterocycles. The minimum Gasteiger partial charge on any atom is -0.390 e. The van der Waals surface area contributed by atoms with Crippen LogP contribution in [0.5, 0.6) is 0 Å². The zero-order valence-corrected chi connectivity index (χ0v) is 14.7. The lowest BCUT2D eigenvalue weighted by Gasteiger charge is -2.20. The Hall–Kier alpha value is -2.03. The highest BCUT2D eigenvalue weighted by atomic mass is 32.2. The van der Waals surface area contributed by atoms with Gasteiger partial charge in [-0.15, -0.1) is 0 Å². The van der Waals surface area contributed by atoms with E-state index < -0.39 is 27.8 Å². The molecule has 1 aliphatic heterocycles. The highest BCUT2D eigenvalue weighted by molar-refractivity contribution is 7.89. The SMILES string of the molecule is O=S1(=O)CCCN1CC(O)Cn1c2cc(F)ccc2c2ccc(F)cc21. The first-order chi connectivity index (χ1) is 12.3. The van der Waals surface area contributed by atoms with Crippen LogP contribution in [0.1, 0.15) is 6.42 Å². The number of hydrogen-bond acceptors (Lipinski definition) is 3. The van der Waals surface area contributed by atoms with Crippen LogP contribution < -0.4 is 0 Å². The maximum atomic E-state index is 13.8. The van der Waals surface area contributed by atoms with E-state index in [1.165, 1.54) is 28.6 Å². The molecule has 1 aromatic heterocycles. The first-order valence-corrected chi connectivity index (χ1v) is 9.99. The summed E-state index contributed by atoms with van der Waals surface area (Å²) in [6.45, 7) is 0.392. The number of hydrogen-bond donors (Lipinski definition) is 1. The number of aliphatic hydroxyl groups excluding tert-OH is 1. The number of sulfonamides is 1. The summed E-state index contributed by atoms with van der Waals surface area (Å²) in [4.78, 5) is 0. The highest BCUT2D eigenvalue weighted by Gasteiger charge is 2.30. The Balaban J connectivity index is 1.74. The van der Waals surface area contributed by atoms with Gasteiger partial charge in [0.25, 0.3) is 0 Å². The lowest BCUT2D eigenvalue weighted by Crippen LogP contribution is -2.35. The summed E-state index contributed by atoms with van der Waals surface area (Å²) in [5.41, 5.74) is 1.07. The maximum Gasteiger partial charge on any atom is 0.214 e. The summed E-state index contributed by atoms with van der Waals surface area (Å²) >= 11 is 0. The molecule has 1 fully saturated rings. The first-order valence-electron chi connectivity index (χ1n) is 8.38. The number of halogens is 2. The Bertz CT molecular complexity index is 1040. The summed E-state index contributed by atoms with van der Waals surface area (Å²) in [7, 11) is -3.32. The van der Waals surface area contributed by atoms with Gasteiger partial charge in [0.2, 0.25) is 10.0 Å². The van der Waals surface area contributed by atoms with E-state index in [-0.39, 0.29) is 18.8 Å². The molecule has 138 valence electrons. The lowest BCUT2D eigenvalue weighted by atomic mass is 10.1. The van der Waals surface area contributed by atoms with Crippen LogP contribution in [0, 0.1) is 11.6 Å². The normalized spacial score (nSPS) is 18.7. The topological polar surface area (TPSA) is 62.5 Å². The molecule has 0 radical (unpaired) electrons. The molecule has 26 heavy (non-hydrogen) atoms. The fraction of sp³-hybridized carbons (Fsp3) is 0.333. The van der Waals surface area contributed by atoms with Gasteiger partial charge in [0, 0.05) is 23.9 Å². The number of aliphatic hydroxyl groups is 1. The van der Waals surface area contributed by atoms with Crippen molar-refractivity contribution in [3.8, 4) is 0 Å². The Labute approximate surface area is 149 Å². The molecule has 0 aliphatic carbocycles. The molecule has 1 atom stereocenters. The number of nitrogens with zero attached hydrogens (tertiary/aromatic N) is 2. The second-order valence-corrected chi connectivity index (χ2v) is 8.70. The van der Waals surface area contributed by atoms with Crippen molar-refractivity contribution < 1.29 is 22.3 Å². The van der Waals surface area contributed by atoms with Gasteiger partial charge in [-0.25, -0.2) is 17.2 Å². The molecule has 4 rings (SSSR count). The number of rotatable bonds is 4. The van der Waals surface area contributed by atoms with Gasteiger partial charge in [-0.3, -0.25) is 0 Å². The third-order valence-corrected chi connectivity index (χ3v) is 6.73. The minimum atomic E-state index is -3.32. The van der Waals surface area contributed by atoms with Crippen molar-refractivity contribution >= 4 is 31.8 Å². The third kappa shape index (κ3) is 2.98. The van der Waals surface area contributed by atoms with Crippen LogP contribution in [0.15, 0.2) is 36.4 Å². The van der Waals surface area contributed by atoms with Gasteiger partial charge < -0.3 is 9.67 Å². The van der Waals surface area contributed by atoms with Crippen molar-refractivity contribution in [1.82, 2.24) is 8.87 Å². The van der Waals surface area contributed by atoms with Crippen LogP contribution >= 0.6 is 0 Å². The van der Waals surface area contributed by atoms with Crippen molar-refractivity contribution in [1.29, 1.82) is 0 Å². The molecule has 1 saturated heterocycles. The summed E-state index contributed by atoms with van der Waals surface area (Å²) in [5.74, 6) is -0.775. The smallest absolute Gasteiger partial charge is 0.214 e. The average Bonchev–Trinajstić information content (AvgIpc) is 3.05. The van der Waals surface area contributed by atoms with Crippen LogP contribution in [0.3, 0.4) is 0 Å².